The monoisotopic (exact) mass is 537 g/mol. The molecule has 1 fully saturated rings. The van der Waals surface area contributed by atoms with Crippen LogP contribution in [0.5, 0.6) is 11.5 Å². The topological polar surface area (TPSA) is 128 Å². The van der Waals surface area contributed by atoms with Crippen LogP contribution in [0.2, 0.25) is 0 Å². The molecule has 5 rings (SSSR count). The minimum absolute atomic E-state index is 0.209. The van der Waals surface area contributed by atoms with Crippen LogP contribution >= 0.6 is 0 Å². The summed E-state index contributed by atoms with van der Waals surface area (Å²) in [5.41, 5.74) is 2.17. The zero-order chi connectivity index (χ0) is 26.9. The van der Waals surface area contributed by atoms with Crippen molar-refractivity contribution in [1.82, 2.24) is 19.6 Å². The second-order valence-corrected chi connectivity index (χ2v) is 11.2. The first-order valence-electron chi connectivity index (χ1n) is 12.7. The molecule has 2 aromatic heterocycles. The van der Waals surface area contributed by atoms with Gasteiger partial charge in [0.15, 0.2) is 11.3 Å². The van der Waals surface area contributed by atoms with Crippen molar-refractivity contribution in [3.05, 3.63) is 69.9 Å². The number of aromatic amines is 1. The van der Waals surface area contributed by atoms with Crippen LogP contribution < -0.4 is 19.8 Å². The van der Waals surface area contributed by atoms with Crippen LogP contribution in [-0.4, -0.2) is 41.7 Å². The van der Waals surface area contributed by atoms with Crippen molar-refractivity contribution in [2.24, 2.45) is 0 Å². The van der Waals surface area contributed by atoms with Crippen molar-refractivity contribution in [2.45, 2.75) is 51.2 Å². The summed E-state index contributed by atoms with van der Waals surface area (Å²) >= 11 is 0. The van der Waals surface area contributed by atoms with E-state index in [2.05, 4.69) is 9.71 Å². The number of nitrogens with zero attached hydrogens (tertiary/aromatic N) is 3. The van der Waals surface area contributed by atoms with Crippen LogP contribution in [0.15, 0.2) is 47.3 Å². The van der Waals surface area contributed by atoms with E-state index in [0.717, 1.165) is 31.5 Å². The van der Waals surface area contributed by atoms with Gasteiger partial charge in [-0.3, -0.25) is 9.52 Å². The fraction of sp³-hybridized carbons (Fsp3) is 0.370. The second-order valence-electron chi connectivity index (χ2n) is 9.45. The number of benzene rings is 2. The predicted octanol–water partition coefficient (Wildman–Crippen LogP) is 4.40. The summed E-state index contributed by atoms with van der Waals surface area (Å²) < 4.78 is 41.1. The molecule has 1 aliphatic carbocycles. The summed E-state index contributed by atoms with van der Waals surface area (Å²) in [7, 11) is -2.17. The Labute approximate surface area is 221 Å². The first kappa shape index (κ1) is 25.8. The van der Waals surface area contributed by atoms with Crippen LogP contribution in [0.1, 0.15) is 55.6 Å². The van der Waals surface area contributed by atoms with E-state index in [4.69, 9.17) is 19.6 Å². The first-order valence-corrected chi connectivity index (χ1v) is 14.3. The number of H-pyrrole nitrogens is 1. The molecule has 4 aromatic rings. The number of aryl methyl sites for hydroxylation is 1. The van der Waals surface area contributed by atoms with E-state index in [0.29, 0.717) is 46.1 Å². The number of aromatic nitrogens is 4. The van der Waals surface area contributed by atoms with E-state index in [9.17, 15) is 13.2 Å². The van der Waals surface area contributed by atoms with Crippen LogP contribution in [0, 0.1) is 6.92 Å². The Kier molecular flexibility index (Phi) is 7.11. The molecular formula is C27H31N5O5S. The van der Waals surface area contributed by atoms with Crippen molar-refractivity contribution < 1.29 is 17.9 Å². The van der Waals surface area contributed by atoms with Gasteiger partial charge >= 0.3 is 0 Å². The molecule has 2 aromatic carbocycles. The molecule has 0 bridgehead atoms. The second kappa shape index (κ2) is 10.5. The molecule has 38 heavy (non-hydrogen) atoms. The number of hydrogen-bond donors (Lipinski definition) is 2. The van der Waals surface area contributed by atoms with E-state index < -0.39 is 10.0 Å². The van der Waals surface area contributed by atoms with Gasteiger partial charge in [-0.15, -0.1) is 5.10 Å². The molecule has 0 unspecified atom stereocenters. The maximum atomic E-state index is 13.1. The van der Waals surface area contributed by atoms with Gasteiger partial charge < -0.3 is 14.5 Å². The highest BCUT2D eigenvalue weighted by Crippen LogP contribution is 2.35. The number of methoxy groups -OCH3 is 1. The maximum absolute atomic E-state index is 13.1. The molecule has 0 saturated heterocycles. The molecule has 11 heteroatoms. The first-order chi connectivity index (χ1) is 18.3. The minimum Gasteiger partial charge on any atom is -0.497 e. The number of anilines is 1. The number of sulfonamides is 1. The quantitative estimate of drug-likeness (QED) is 0.324. The Bertz CT molecular complexity index is 1620. The third kappa shape index (κ3) is 5.24. The van der Waals surface area contributed by atoms with Crippen LogP contribution in [0.4, 0.5) is 5.69 Å². The smallest absolute Gasteiger partial charge is 0.277 e. The van der Waals surface area contributed by atoms with Crippen LogP contribution in [0.3, 0.4) is 0 Å². The van der Waals surface area contributed by atoms with E-state index in [1.54, 1.807) is 54.1 Å². The van der Waals surface area contributed by atoms with Crippen LogP contribution in [-0.2, 0) is 15.8 Å². The summed E-state index contributed by atoms with van der Waals surface area (Å²) in [6.45, 7) is 4.06. The third-order valence-corrected chi connectivity index (χ3v) is 8.00. The van der Waals surface area contributed by atoms with E-state index in [1.807, 2.05) is 13.8 Å². The average molecular weight is 538 g/mol. The maximum Gasteiger partial charge on any atom is 0.277 e. The SMILES string of the molecule is CCOc1ccc(NS(=O)(=O)Cc2ccc(OC)cc2)cc1-c1nn2c(C3CCCC3)nc(C)c2c(=O)[nH]1. The molecule has 0 radical (unpaired) electrons. The van der Waals surface area contributed by atoms with Crippen molar-refractivity contribution in [2.75, 3.05) is 18.4 Å². The van der Waals surface area contributed by atoms with E-state index in [-0.39, 0.29) is 23.1 Å². The Morgan fingerprint density at radius 3 is 2.55 bits per heavy atom. The molecule has 2 N–H and O–H groups in total. The van der Waals surface area contributed by atoms with Gasteiger partial charge in [0, 0.05) is 11.6 Å². The van der Waals surface area contributed by atoms with Gasteiger partial charge in [-0.25, -0.2) is 17.9 Å². The normalized spacial score (nSPS) is 14.2. The van der Waals surface area contributed by atoms with E-state index >= 15 is 0 Å². The van der Waals surface area contributed by atoms with Gasteiger partial charge in [-0.2, -0.15) is 0 Å². The molecule has 10 nitrogen and oxygen atoms in total. The zero-order valence-corrected chi connectivity index (χ0v) is 22.5. The number of nitrogens with one attached hydrogen (secondary N) is 2. The number of ether oxygens (including phenoxy) is 2. The molecule has 1 saturated carbocycles. The van der Waals surface area contributed by atoms with Gasteiger partial charge in [0.25, 0.3) is 5.56 Å². The van der Waals surface area contributed by atoms with Crippen molar-refractivity contribution in [1.29, 1.82) is 0 Å². The number of rotatable bonds is 9. The standard InChI is InChI=1S/C27H31N5O5S/c1-4-37-23-14-11-20(31-38(34,35)16-18-9-12-21(36-3)13-10-18)15-22(23)25-29-27(33)24-17(2)28-26(32(24)30-25)19-7-5-6-8-19/h9-15,19,31H,4-8,16H2,1-3H3,(H,29,30,33). The summed E-state index contributed by atoms with van der Waals surface area (Å²) in [6, 6.07) is 11.8. The van der Waals surface area contributed by atoms with Gasteiger partial charge in [-0.1, -0.05) is 25.0 Å². The summed E-state index contributed by atoms with van der Waals surface area (Å²) in [5, 5.41) is 4.77. The van der Waals surface area contributed by atoms with Crippen molar-refractivity contribution in [3.63, 3.8) is 0 Å². The largest absolute Gasteiger partial charge is 0.497 e. The molecule has 1 aliphatic rings. The van der Waals surface area contributed by atoms with E-state index in [1.165, 1.54) is 0 Å². The van der Waals surface area contributed by atoms with Crippen molar-refractivity contribution >= 4 is 21.2 Å². The molecule has 200 valence electrons. The summed E-state index contributed by atoms with van der Waals surface area (Å²) in [5.74, 6) is 2.24. The van der Waals surface area contributed by atoms with Gasteiger partial charge in [0.1, 0.15) is 17.3 Å². The van der Waals surface area contributed by atoms with Gasteiger partial charge in [0.05, 0.1) is 30.7 Å². The Morgan fingerprint density at radius 2 is 1.87 bits per heavy atom. The number of fused-ring (bicyclic) bond motifs is 1. The lowest BCUT2D eigenvalue weighted by Gasteiger charge is -2.14. The highest BCUT2D eigenvalue weighted by atomic mass is 32.2. The third-order valence-electron chi connectivity index (χ3n) is 6.74. The van der Waals surface area contributed by atoms with Gasteiger partial charge in [-0.05, 0) is 62.6 Å². The van der Waals surface area contributed by atoms with Gasteiger partial charge in [0.2, 0.25) is 10.0 Å². The molecular weight excluding hydrogens is 506 g/mol. The molecule has 2 heterocycles. The molecule has 0 spiro atoms. The number of hydrogen-bond acceptors (Lipinski definition) is 7. The fourth-order valence-electron chi connectivity index (χ4n) is 4.98. The molecule has 0 atom stereocenters. The molecule has 0 amide bonds. The lowest BCUT2D eigenvalue weighted by atomic mass is 10.1. The minimum atomic E-state index is -3.73. The number of imidazole rings is 1. The van der Waals surface area contributed by atoms with Crippen molar-refractivity contribution in [3.8, 4) is 22.9 Å². The highest BCUT2D eigenvalue weighted by molar-refractivity contribution is 7.91. The highest BCUT2D eigenvalue weighted by Gasteiger charge is 2.25. The fourth-order valence-corrected chi connectivity index (χ4v) is 6.17. The van der Waals surface area contributed by atoms with Crippen LogP contribution in [0.25, 0.3) is 16.9 Å². The lowest BCUT2D eigenvalue weighted by Crippen LogP contribution is -2.17. The zero-order valence-electron chi connectivity index (χ0n) is 21.7. The predicted molar refractivity (Wildman–Crippen MR) is 145 cm³/mol. The average Bonchev–Trinajstić information content (AvgIpc) is 3.53. The Morgan fingerprint density at radius 1 is 1.13 bits per heavy atom. The molecule has 0 aliphatic heterocycles. The lowest BCUT2D eigenvalue weighted by molar-refractivity contribution is 0.341. The Hall–Kier alpha value is -3.86. The summed E-state index contributed by atoms with van der Waals surface area (Å²) in [6.07, 6.45) is 4.28. The Balaban J connectivity index is 1.52. The summed E-state index contributed by atoms with van der Waals surface area (Å²) in [4.78, 5) is 20.7.